The molecule has 2 aromatic carbocycles. The zero-order chi connectivity index (χ0) is 12.8. The number of aromatic hydroxyl groups is 1. The van der Waals surface area contributed by atoms with Crippen molar-refractivity contribution in [2.75, 3.05) is 6.54 Å². The maximum Gasteiger partial charge on any atom is 0.150 e. The van der Waals surface area contributed by atoms with Crippen molar-refractivity contribution in [3.05, 3.63) is 36.4 Å². The summed E-state index contributed by atoms with van der Waals surface area (Å²) in [6.07, 6.45) is 3.40. The van der Waals surface area contributed by atoms with E-state index in [9.17, 15) is 5.11 Å². The fourth-order valence-corrected chi connectivity index (χ4v) is 1.88. The third-order valence-corrected chi connectivity index (χ3v) is 2.92. The van der Waals surface area contributed by atoms with Crippen LogP contribution in [0.5, 0.6) is 5.75 Å². The van der Waals surface area contributed by atoms with E-state index >= 15 is 0 Å². The topological polar surface area (TPSA) is 45.0 Å². The molecule has 0 amide bonds. The number of benzene rings is 2. The fraction of sp³-hybridized carbons (Fsp3) is 0.333. The van der Waals surface area contributed by atoms with E-state index in [2.05, 4.69) is 17.2 Å². The molecule has 0 atom stereocenters. The fourth-order valence-electron chi connectivity index (χ4n) is 1.88. The van der Waals surface area contributed by atoms with Crippen LogP contribution in [0, 0.1) is 0 Å². The highest BCUT2D eigenvalue weighted by Crippen LogP contribution is 2.34. The minimum atomic E-state index is 0.215. The van der Waals surface area contributed by atoms with Gasteiger partial charge in [0.1, 0.15) is 5.69 Å². The van der Waals surface area contributed by atoms with Crippen LogP contribution in [0.15, 0.2) is 46.6 Å². The Balaban J connectivity index is 2.16. The maximum atomic E-state index is 10.1. The number of phenols is 1. The van der Waals surface area contributed by atoms with Crippen molar-refractivity contribution in [3.63, 3.8) is 0 Å². The molecule has 0 radical (unpaired) electrons. The van der Waals surface area contributed by atoms with Crippen LogP contribution in [0.4, 0.5) is 5.69 Å². The number of hydrogen-bond acceptors (Lipinski definition) is 3. The highest BCUT2D eigenvalue weighted by Gasteiger charge is 2.04. The number of nitrogens with zero attached hydrogens (tertiary/aromatic N) is 2. The Bertz CT molecular complexity index is 549. The third kappa shape index (κ3) is 2.86. The van der Waals surface area contributed by atoms with Crippen molar-refractivity contribution in [2.45, 2.75) is 26.2 Å². The van der Waals surface area contributed by atoms with Crippen molar-refractivity contribution < 1.29 is 5.11 Å². The minimum Gasteiger partial charge on any atom is -0.505 e. The van der Waals surface area contributed by atoms with E-state index in [0.717, 1.165) is 23.7 Å². The largest absolute Gasteiger partial charge is 0.505 e. The van der Waals surface area contributed by atoms with E-state index in [1.807, 2.05) is 30.3 Å². The van der Waals surface area contributed by atoms with Gasteiger partial charge in [-0.15, -0.1) is 0 Å². The van der Waals surface area contributed by atoms with Gasteiger partial charge >= 0.3 is 0 Å². The minimum absolute atomic E-state index is 0.215. The lowest BCUT2D eigenvalue weighted by molar-refractivity contribution is 0.482. The van der Waals surface area contributed by atoms with E-state index < -0.39 is 0 Å². The molecule has 0 aliphatic rings. The summed E-state index contributed by atoms with van der Waals surface area (Å²) in [5, 5.41) is 20.1. The second kappa shape index (κ2) is 6.15. The Labute approximate surface area is 107 Å². The summed E-state index contributed by atoms with van der Waals surface area (Å²) in [6.45, 7) is 2.88. The number of azo groups is 1. The van der Waals surface area contributed by atoms with Crippen LogP contribution in [-0.4, -0.2) is 11.7 Å². The predicted molar refractivity (Wildman–Crippen MR) is 74.5 cm³/mol. The molecule has 0 bridgehead atoms. The Hall–Kier alpha value is -1.90. The number of hydrogen-bond donors (Lipinski definition) is 1. The summed E-state index contributed by atoms with van der Waals surface area (Å²) in [6, 6.07) is 11.5. The van der Waals surface area contributed by atoms with Crippen LogP contribution in [0.1, 0.15) is 26.2 Å². The van der Waals surface area contributed by atoms with E-state index in [1.54, 1.807) is 6.07 Å². The van der Waals surface area contributed by atoms with Gasteiger partial charge in [-0.1, -0.05) is 50.1 Å². The van der Waals surface area contributed by atoms with Gasteiger partial charge in [0.25, 0.3) is 0 Å². The SMILES string of the molecule is CCCCC/N=N/c1ccc2ccccc2c1O. The molecule has 0 fully saturated rings. The number of phenolic OH excluding ortho intramolecular Hbond substituents is 1. The molecule has 3 heteroatoms. The molecule has 0 saturated carbocycles. The van der Waals surface area contributed by atoms with Gasteiger partial charge in [-0.25, -0.2) is 0 Å². The number of fused-ring (bicyclic) bond motifs is 1. The van der Waals surface area contributed by atoms with Crippen molar-refractivity contribution in [2.24, 2.45) is 10.2 Å². The third-order valence-electron chi connectivity index (χ3n) is 2.92. The van der Waals surface area contributed by atoms with E-state index in [0.29, 0.717) is 5.69 Å². The van der Waals surface area contributed by atoms with Gasteiger partial charge in [0.05, 0.1) is 6.54 Å². The van der Waals surface area contributed by atoms with Gasteiger partial charge in [-0.3, -0.25) is 0 Å². The highest BCUT2D eigenvalue weighted by molar-refractivity contribution is 5.92. The summed E-state index contributed by atoms with van der Waals surface area (Å²) in [4.78, 5) is 0. The number of rotatable bonds is 5. The zero-order valence-electron chi connectivity index (χ0n) is 10.6. The van der Waals surface area contributed by atoms with Gasteiger partial charge in [0.15, 0.2) is 5.75 Å². The van der Waals surface area contributed by atoms with Gasteiger partial charge in [-0.2, -0.15) is 10.2 Å². The van der Waals surface area contributed by atoms with Crippen LogP contribution in [-0.2, 0) is 0 Å². The molecule has 3 nitrogen and oxygen atoms in total. The molecule has 0 saturated heterocycles. The molecule has 2 rings (SSSR count). The lowest BCUT2D eigenvalue weighted by Crippen LogP contribution is -1.79. The first kappa shape index (κ1) is 12.6. The Morgan fingerprint density at radius 3 is 2.72 bits per heavy atom. The predicted octanol–water partition coefficient (Wildman–Crippen LogP) is 4.82. The van der Waals surface area contributed by atoms with Crippen LogP contribution in [0.3, 0.4) is 0 Å². The van der Waals surface area contributed by atoms with Crippen molar-refractivity contribution >= 4 is 16.5 Å². The first-order chi connectivity index (χ1) is 8.83. The molecule has 0 spiro atoms. The number of unbranched alkanes of at least 4 members (excludes halogenated alkanes) is 2. The summed E-state index contributed by atoms with van der Waals surface area (Å²) in [5.74, 6) is 0.215. The quantitative estimate of drug-likeness (QED) is 0.593. The second-order valence-corrected chi connectivity index (χ2v) is 4.33. The normalized spacial score (nSPS) is 11.4. The first-order valence-corrected chi connectivity index (χ1v) is 6.41. The molecule has 0 aliphatic heterocycles. The van der Waals surface area contributed by atoms with E-state index in [-0.39, 0.29) is 5.75 Å². The Morgan fingerprint density at radius 1 is 1.06 bits per heavy atom. The first-order valence-electron chi connectivity index (χ1n) is 6.41. The molecule has 2 aromatic rings. The molecule has 0 unspecified atom stereocenters. The van der Waals surface area contributed by atoms with Crippen LogP contribution in [0.2, 0.25) is 0 Å². The second-order valence-electron chi connectivity index (χ2n) is 4.33. The molecular formula is C15H18N2O. The molecule has 0 aliphatic carbocycles. The molecule has 1 N–H and O–H groups in total. The summed E-state index contributed by atoms with van der Waals surface area (Å²) in [5.41, 5.74) is 0.546. The Kier molecular flexibility index (Phi) is 4.29. The average Bonchev–Trinajstić information content (AvgIpc) is 2.41. The lowest BCUT2D eigenvalue weighted by atomic mass is 10.1. The van der Waals surface area contributed by atoms with Crippen molar-refractivity contribution in [3.8, 4) is 5.75 Å². The summed E-state index contributed by atoms with van der Waals surface area (Å²) in [7, 11) is 0. The van der Waals surface area contributed by atoms with Crippen molar-refractivity contribution in [1.29, 1.82) is 0 Å². The monoisotopic (exact) mass is 242 g/mol. The summed E-state index contributed by atoms with van der Waals surface area (Å²) >= 11 is 0. The van der Waals surface area contributed by atoms with Crippen LogP contribution >= 0.6 is 0 Å². The molecule has 0 heterocycles. The van der Waals surface area contributed by atoms with Gasteiger partial charge in [0, 0.05) is 5.39 Å². The van der Waals surface area contributed by atoms with E-state index in [4.69, 9.17) is 0 Å². The zero-order valence-corrected chi connectivity index (χ0v) is 10.6. The lowest BCUT2D eigenvalue weighted by Gasteiger charge is -2.03. The maximum absolute atomic E-state index is 10.1. The summed E-state index contributed by atoms with van der Waals surface area (Å²) < 4.78 is 0. The average molecular weight is 242 g/mol. The van der Waals surface area contributed by atoms with Gasteiger partial charge in [0.2, 0.25) is 0 Å². The van der Waals surface area contributed by atoms with Gasteiger partial charge in [-0.05, 0) is 17.9 Å². The molecule has 0 aromatic heterocycles. The Morgan fingerprint density at radius 2 is 1.89 bits per heavy atom. The van der Waals surface area contributed by atoms with Crippen molar-refractivity contribution in [1.82, 2.24) is 0 Å². The standard InChI is InChI=1S/C15H18N2O/c1-2-3-6-11-16-17-14-10-9-12-7-4-5-8-13(12)15(14)18/h4-5,7-10,18H,2-3,6,11H2,1H3/b17-16+. The van der Waals surface area contributed by atoms with Crippen LogP contribution in [0.25, 0.3) is 10.8 Å². The molecular weight excluding hydrogens is 224 g/mol. The smallest absolute Gasteiger partial charge is 0.150 e. The van der Waals surface area contributed by atoms with E-state index in [1.165, 1.54) is 12.8 Å². The van der Waals surface area contributed by atoms with Crippen LogP contribution < -0.4 is 0 Å². The molecule has 94 valence electrons. The van der Waals surface area contributed by atoms with Gasteiger partial charge < -0.3 is 5.11 Å². The molecule has 18 heavy (non-hydrogen) atoms. The highest BCUT2D eigenvalue weighted by atomic mass is 16.3.